The van der Waals surface area contributed by atoms with Gasteiger partial charge in [-0.05, 0) is 44.0 Å². The molecule has 5 nitrogen and oxygen atoms in total. The second kappa shape index (κ2) is 9.13. The van der Waals surface area contributed by atoms with Crippen LogP contribution in [-0.4, -0.2) is 23.3 Å². The molecule has 0 radical (unpaired) electrons. The van der Waals surface area contributed by atoms with Crippen molar-refractivity contribution in [1.29, 1.82) is 0 Å². The van der Waals surface area contributed by atoms with E-state index in [-0.39, 0.29) is 24.4 Å². The number of aryl methyl sites for hydroxylation is 3. The van der Waals surface area contributed by atoms with Gasteiger partial charge in [0.25, 0.3) is 5.91 Å². The van der Waals surface area contributed by atoms with Crippen LogP contribution in [0.1, 0.15) is 33.5 Å². The fourth-order valence-electron chi connectivity index (χ4n) is 3.27. The smallest absolute Gasteiger partial charge is 0.254 e. The first-order chi connectivity index (χ1) is 14.2. The van der Waals surface area contributed by atoms with Gasteiger partial charge < -0.3 is 10.6 Å². The van der Waals surface area contributed by atoms with Crippen LogP contribution in [0.25, 0.3) is 11.3 Å². The molecule has 0 aliphatic heterocycles. The summed E-state index contributed by atoms with van der Waals surface area (Å²) < 4.78 is 26.5. The monoisotopic (exact) mass is 429 g/mol. The highest BCUT2D eigenvalue weighted by atomic mass is 32.1. The minimum absolute atomic E-state index is 0.00788. The van der Waals surface area contributed by atoms with Crippen molar-refractivity contribution < 1.29 is 18.4 Å². The van der Waals surface area contributed by atoms with Crippen LogP contribution < -0.4 is 10.6 Å². The maximum Gasteiger partial charge on any atom is 0.254 e. The van der Waals surface area contributed by atoms with Gasteiger partial charge in [-0.1, -0.05) is 17.7 Å². The third kappa shape index (κ3) is 5.07. The number of nitrogens with zero attached hydrogens (tertiary/aromatic N) is 1. The van der Waals surface area contributed by atoms with Crippen LogP contribution in [-0.2, 0) is 4.79 Å². The molecule has 3 aromatic rings. The molecule has 2 amide bonds. The number of halogens is 2. The summed E-state index contributed by atoms with van der Waals surface area (Å²) >= 11 is 1.32. The van der Waals surface area contributed by atoms with Gasteiger partial charge in [0.05, 0.1) is 11.3 Å². The van der Waals surface area contributed by atoms with Crippen molar-refractivity contribution in [2.24, 2.45) is 0 Å². The summed E-state index contributed by atoms with van der Waals surface area (Å²) in [5.41, 5.74) is 4.99. The molecule has 0 bridgehead atoms. The lowest BCUT2D eigenvalue weighted by atomic mass is 9.98. The summed E-state index contributed by atoms with van der Waals surface area (Å²) in [6.45, 7) is 6.11. The Labute approximate surface area is 177 Å². The van der Waals surface area contributed by atoms with Gasteiger partial charge >= 0.3 is 0 Å². The highest BCUT2D eigenvalue weighted by Crippen LogP contribution is 2.31. The zero-order valence-electron chi connectivity index (χ0n) is 16.8. The van der Waals surface area contributed by atoms with Crippen LogP contribution in [0.15, 0.2) is 35.7 Å². The van der Waals surface area contributed by atoms with Crippen molar-refractivity contribution in [3.8, 4) is 11.3 Å². The first-order valence-corrected chi connectivity index (χ1v) is 10.2. The Morgan fingerprint density at radius 1 is 1.07 bits per heavy atom. The van der Waals surface area contributed by atoms with Crippen LogP contribution in [0, 0.1) is 32.4 Å². The van der Waals surface area contributed by atoms with Gasteiger partial charge in [-0.15, -0.1) is 11.3 Å². The molecule has 2 N–H and O–H groups in total. The van der Waals surface area contributed by atoms with Gasteiger partial charge in [0.15, 0.2) is 5.13 Å². The zero-order chi connectivity index (χ0) is 21.8. The normalized spacial score (nSPS) is 10.7. The Hall–Kier alpha value is -3.13. The quantitative estimate of drug-likeness (QED) is 0.593. The highest BCUT2D eigenvalue weighted by Gasteiger charge is 2.14. The number of hydrogen-bond acceptors (Lipinski definition) is 4. The van der Waals surface area contributed by atoms with Crippen LogP contribution in [0.2, 0.25) is 0 Å². The van der Waals surface area contributed by atoms with E-state index in [0.717, 1.165) is 34.5 Å². The summed E-state index contributed by atoms with van der Waals surface area (Å²) in [5, 5.41) is 7.51. The van der Waals surface area contributed by atoms with E-state index in [1.807, 2.05) is 26.2 Å². The number of nitrogens with one attached hydrogen (secondary N) is 2. The molecule has 0 saturated carbocycles. The summed E-state index contributed by atoms with van der Waals surface area (Å²) in [5.74, 6) is -2.74. The van der Waals surface area contributed by atoms with E-state index >= 15 is 0 Å². The molecule has 0 aliphatic carbocycles. The van der Waals surface area contributed by atoms with Crippen molar-refractivity contribution in [3.63, 3.8) is 0 Å². The molecule has 8 heteroatoms. The number of hydrogen-bond donors (Lipinski definition) is 2. The van der Waals surface area contributed by atoms with Gasteiger partial charge in [-0.3, -0.25) is 9.59 Å². The lowest BCUT2D eigenvalue weighted by Crippen LogP contribution is -2.28. The second-order valence-corrected chi connectivity index (χ2v) is 7.85. The van der Waals surface area contributed by atoms with E-state index < -0.39 is 17.5 Å². The number of carbonyl (C=O) groups is 2. The SMILES string of the molecule is Cc1cc(C)c(-c2csc(NC(=O)CCNC(=O)c3ccc(F)cc3F)n2)c(C)c1. The molecule has 0 unspecified atom stereocenters. The average Bonchev–Trinajstić information content (AvgIpc) is 3.08. The van der Waals surface area contributed by atoms with Gasteiger partial charge in [0.2, 0.25) is 5.91 Å². The van der Waals surface area contributed by atoms with E-state index in [1.165, 1.54) is 16.9 Å². The summed E-state index contributed by atoms with van der Waals surface area (Å²) in [6, 6.07) is 6.88. The number of amides is 2. The Balaban J connectivity index is 1.55. The van der Waals surface area contributed by atoms with Crippen molar-refractivity contribution in [1.82, 2.24) is 10.3 Å². The van der Waals surface area contributed by atoms with Crippen molar-refractivity contribution in [2.75, 3.05) is 11.9 Å². The molecule has 1 aromatic heterocycles. The molecule has 2 aromatic carbocycles. The van der Waals surface area contributed by atoms with Gasteiger partial charge in [-0.25, -0.2) is 13.8 Å². The fourth-order valence-corrected chi connectivity index (χ4v) is 3.99. The lowest BCUT2D eigenvalue weighted by Gasteiger charge is -2.09. The van der Waals surface area contributed by atoms with E-state index in [4.69, 9.17) is 0 Å². The van der Waals surface area contributed by atoms with E-state index in [2.05, 4.69) is 27.8 Å². The van der Waals surface area contributed by atoms with Gasteiger partial charge in [-0.2, -0.15) is 0 Å². The summed E-state index contributed by atoms with van der Waals surface area (Å²) in [7, 11) is 0. The first kappa shape index (κ1) is 21.6. The largest absolute Gasteiger partial charge is 0.351 e. The average molecular weight is 429 g/mol. The lowest BCUT2D eigenvalue weighted by molar-refractivity contribution is -0.116. The Kier molecular flexibility index (Phi) is 6.56. The number of anilines is 1. The first-order valence-electron chi connectivity index (χ1n) is 9.31. The van der Waals surface area contributed by atoms with Crippen LogP contribution in [0.4, 0.5) is 13.9 Å². The highest BCUT2D eigenvalue weighted by molar-refractivity contribution is 7.14. The van der Waals surface area contributed by atoms with Crippen molar-refractivity contribution >= 4 is 28.3 Å². The Morgan fingerprint density at radius 3 is 2.43 bits per heavy atom. The number of rotatable bonds is 6. The topological polar surface area (TPSA) is 71.1 Å². The Morgan fingerprint density at radius 2 is 1.77 bits per heavy atom. The molecular weight excluding hydrogens is 408 g/mol. The van der Waals surface area contributed by atoms with E-state index in [1.54, 1.807) is 0 Å². The molecule has 0 fully saturated rings. The number of carbonyl (C=O) groups excluding carboxylic acids is 2. The number of benzene rings is 2. The molecule has 156 valence electrons. The molecule has 3 rings (SSSR count). The number of thiazole rings is 1. The number of aromatic nitrogens is 1. The molecule has 0 atom stereocenters. The minimum Gasteiger partial charge on any atom is -0.351 e. The summed E-state index contributed by atoms with van der Waals surface area (Å²) in [4.78, 5) is 28.6. The maximum atomic E-state index is 13.6. The van der Waals surface area contributed by atoms with Gasteiger partial charge in [0.1, 0.15) is 11.6 Å². The zero-order valence-corrected chi connectivity index (χ0v) is 17.6. The third-order valence-corrected chi connectivity index (χ3v) is 5.25. The Bertz CT molecular complexity index is 1090. The molecule has 1 heterocycles. The van der Waals surface area contributed by atoms with Crippen molar-refractivity contribution in [3.05, 3.63) is 69.6 Å². The van der Waals surface area contributed by atoms with Gasteiger partial charge in [0, 0.05) is 30.0 Å². The molecule has 0 aliphatic rings. The molecular formula is C22H21F2N3O2S. The predicted molar refractivity (Wildman–Crippen MR) is 114 cm³/mol. The summed E-state index contributed by atoms with van der Waals surface area (Å²) in [6.07, 6.45) is -0.00788. The van der Waals surface area contributed by atoms with Crippen molar-refractivity contribution in [2.45, 2.75) is 27.2 Å². The second-order valence-electron chi connectivity index (χ2n) is 6.99. The maximum absolute atomic E-state index is 13.6. The van der Waals surface area contributed by atoms with E-state index in [9.17, 15) is 18.4 Å². The van der Waals surface area contributed by atoms with Crippen LogP contribution in [0.3, 0.4) is 0 Å². The van der Waals surface area contributed by atoms with Crippen LogP contribution >= 0.6 is 11.3 Å². The fraction of sp³-hybridized carbons (Fsp3) is 0.227. The molecule has 30 heavy (non-hydrogen) atoms. The predicted octanol–water partition coefficient (Wildman–Crippen LogP) is 4.77. The minimum atomic E-state index is -0.950. The van der Waals surface area contributed by atoms with Crippen LogP contribution in [0.5, 0.6) is 0 Å². The van der Waals surface area contributed by atoms with E-state index in [0.29, 0.717) is 11.2 Å². The molecule has 0 spiro atoms. The third-order valence-electron chi connectivity index (χ3n) is 4.50. The molecule has 0 saturated heterocycles. The standard InChI is InChI=1S/C22H21F2N3O2S/c1-12-8-13(2)20(14(3)9-12)18-11-30-22(26-18)27-19(28)6-7-25-21(29)16-5-4-15(23)10-17(16)24/h4-5,8-11H,6-7H2,1-3H3,(H,25,29)(H,26,27,28).